The van der Waals surface area contributed by atoms with Gasteiger partial charge in [0.1, 0.15) is 0 Å². The molecule has 0 aromatic carbocycles. The van der Waals surface area contributed by atoms with Crippen molar-refractivity contribution in [2.45, 2.75) is 53.5 Å². The smallest absolute Gasteiger partial charge is 0.234 e. The summed E-state index contributed by atoms with van der Waals surface area (Å²) >= 11 is 0. The molecular weight excluding hydrogens is 234 g/mol. The quantitative estimate of drug-likeness (QED) is 0.642. The standard InChI is InChI=1S/C17H25NO/c1-16(2,3)13-11-10-12-8-7-9-14(12)18(15(13)19)17(4,5)6/h7,9-11,13H,8H2,1-6H3. The lowest BCUT2D eigenvalue weighted by molar-refractivity contribution is -0.138. The van der Waals surface area contributed by atoms with E-state index in [1.807, 2.05) is 4.90 Å². The second kappa shape index (κ2) is 4.36. The fraction of sp³-hybridized carbons (Fsp3) is 0.588. The maximum Gasteiger partial charge on any atom is 0.234 e. The number of allylic oxidation sites excluding steroid dienone is 4. The van der Waals surface area contributed by atoms with E-state index in [-0.39, 0.29) is 22.8 Å². The van der Waals surface area contributed by atoms with E-state index in [4.69, 9.17) is 0 Å². The zero-order chi connectivity index (χ0) is 14.4. The first kappa shape index (κ1) is 14.1. The number of nitrogens with zero attached hydrogens (tertiary/aromatic N) is 1. The number of amides is 1. The highest BCUT2D eigenvalue weighted by molar-refractivity contribution is 5.85. The Morgan fingerprint density at radius 3 is 2.26 bits per heavy atom. The van der Waals surface area contributed by atoms with Gasteiger partial charge in [-0.1, -0.05) is 39.0 Å². The van der Waals surface area contributed by atoms with Crippen LogP contribution in [-0.2, 0) is 4.79 Å². The Labute approximate surface area is 116 Å². The first-order chi connectivity index (χ1) is 8.62. The minimum absolute atomic E-state index is 0.0550. The highest BCUT2D eigenvalue weighted by atomic mass is 16.2. The largest absolute Gasteiger partial charge is 0.306 e. The molecule has 0 fully saturated rings. The van der Waals surface area contributed by atoms with E-state index < -0.39 is 0 Å². The fourth-order valence-corrected chi connectivity index (χ4v) is 2.78. The van der Waals surface area contributed by atoms with E-state index in [2.05, 4.69) is 65.8 Å². The molecule has 2 heteroatoms. The van der Waals surface area contributed by atoms with Crippen LogP contribution in [-0.4, -0.2) is 16.3 Å². The van der Waals surface area contributed by atoms with Gasteiger partial charge in [0.05, 0.1) is 5.92 Å². The predicted molar refractivity (Wildman–Crippen MR) is 79.5 cm³/mol. The van der Waals surface area contributed by atoms with E-state index in [0.717, 1.165) is 12.1 Å². The van der Waals surface area contributed by atoms with E-state index >= 15 is 0 Å². The van der Waals surface area contributed by atoms with Gasteiger partial charge in [-0.3, -0.25) is 4.79 Å². The van der Waals surface area contributed by atoms with Crippen LogP contribution in [0.3, 0.4) is 0 Å². The van der Waals surface area contributed by atoms with Crippen LogP contribution in [0.25, 0.3) is 0 Å². The molecule has 0 aromatic heterocycles. The summed E-state index contributed by atoms with van der Waals surface area (Å²) in [5.41, 5.74) is 2.10. The van der Waals surface area contributed by atoms with Gasteiger partial charge in [0.15, 0.2) is 0 Å². The van der Waals surface area contributed by atoms with Gasteiger partial charge >= 0.3 is 0 Å². The van der Waals surface area contributed by atoms with Gasteiger partial charge in [-0.25, -0.2) is 0 Å². The minimum atomic E-state index is -0.193. The summed E-state index contributed by atoms with van der Waals surface area (Å²) in [6, 6.07) is 0. The Kier molecular flexibility index (Phi) is 3.24. The first-order valence-corrected chi connectivity index (χ1v) is 7.04. The number of hydrogen-bond donors (Lipinski definition) is 0. The molecule has 0 bridgehead atoms. The Hall–Kier alpha value is -1.31. The second-order valence-corrected chi connectivity index (χ2v) is 7.56. The van der Waals surface area contributed by atoms with Gasteiger partial charge in [-0.15, -0.1) is 0 Å². The van der Waals surface area contributed by atoms with Gasteiger partial charge in [-0.05, 0) is 44.3 Å². The molecule has 1 atom stereocenters. The summed E-state index contributed by atoms with van der Waals surface area (Å²) < 4.78 is 0. The first-order valence-electron chi connectivity index (χ1n) is 7.04. The van der Waals surface area contributed by atoms with E-state index in [0.29, 0.717) is 0 Å². The van der Waals surface area contributed by atoms with Crippen molar-refractivity contribution in [1.29, 1.82) is 0 Å². The number of hydrogen-bond acceptors (Lipinski definition) is 1. The summed E-state index contributed by atoms with van der Waals surface area (Å²) in [5, 5.41) is 0. The molecule has 1 aliphatic carbocycles. The molecule has 0 N–H and O–H groups in total. The van der Waals surface area contributed by atoms with E-state index in [1.54, 1.807) is 0 Å². The van der Waals surface area contributed by atoms with Gasteiger partial charge in [0.25, 0.3) is 0 Å². The van der Waals surface area contributed by atoms with Crippen molar-refractivity contribution in [3.05, 3.63) is 35.6 Å². The lowest BCUT2D eigenvalue weighted by atomic mass is 9.79. The lowest BCUT2D eigenvalue weighted by Gasteiger charge is -2.40. The Bertz CT molecular complexity index is 480. The van der Waals surface area contributed by atoms with Crippen molar-refractivity contribution in [2.75, 3.05) is 0 Å². The summed E-state index contributed by atoms with van der Waals surface area (Å²) in [5.74, 6) is 0.151. The maximum atomic E-state index is 13.0. The van der Waals surface area contributed by atoms with Gasteiger partial charge < -0.3 is 4.90 Å². The highest BCUT2D eigenvalue weighted by Gasteiger charge is 2.40. The van der Waals surface area contributed by atoms with Crippen LogP contribution in [0.4, 0.5) is 0 Å². The zero-order valence-corrected chi connectivity index (χ0v) is 12.9. The summed E-state index contributed by atoms with van der Waals surface area (Å²) in [6.45, 7) is 12.7. The third-order valence-corrected chi connectivity index (χ3v) is 3.76. The van der Waals surface area contributed by atoms with Crippen molar-refractivity contribution in [3.63, 3.8) is 0 Å². The molecule has 1 amide bonds. The number of rotatable bonds is 0. The van der Waals surface area contributed by atoms with Crippen LogP contribution in [0.2, 0.25) is 0 Å². The topological polar surface area (TPSA) is 20.3 Å². The average molecular weight is 259 g/mol. The van der Waals surface area contributed by atoms with Gasteiger partial charge in [0, 0.05) is 11.2 Å². The molecule has 0 saturated heterocycles. The molecule has 1 heterocycles. The van der Waals surface area contributed by atoms with Crippen LogP contribution in [0, 0.1) is 11.3 Å². The molecule has 0 aromatic rings. The highest BCUT2D eigenvalue weighted by Crippen LogP contribution is 2.38. The van der Waals surface area contributed by atoms with Crippen LogP contribution in [0.15, 0.2) is 35.6 Å². The van der Waals surface area contributed by atoms with Crippen molar-refractivity contribution in [2.24, 2.45) is 11.3 Å². The molecule has 0 radical (unpaired) electrons. The predicted octanol–water partition coefficient (Wildman–Crippen LogP) is 4.06. The Morgan fingerprint density at radius 1 is 1.11 bits per heavy atom. The molecule has 104 valence electrons. The number of carbonyl (C=O) groups excluding carboxylic acids is 1. The second-order valence-electron chi connectivity index (χ2n) is 7.56. The van der Waals surface area contributed by atoms with Crippen molar-refractivity contribution in [3.8, 4) is 0 Å². The Balaban J connectivity index is 2.51. The van der Waals surface area contributed by atoms with Gasteiger partial charge in [-0.2, -0.15) is 0 Å². The molecular formula is C17H25NO. The molecule has 2 rings (SSSR count). The van der Waals surface area contributed by atoms with Crippen molar-refractivity contribution in [1.82, 2.24) is 4.90 Å². The van der Waals surface area contributed by atoms with Gasteiger partial charge in [0.2, 0.25) is 5.91 Å². The summed E-state index contributed by atoms with van der Waals surface area (Å²) in [4.78, 5) is 15.0. The molecule has 1 aliphatic heterocycles. The third-order valence-electron chi connectivity index (χ3n) is 3.76. The van der Waals surface area contributed by atoms with Crippen LogP contribution in [0.5, 0.6) is 0 Å². The number of carbonyl (C=O) groups is 1. The molecule has 2 aliphatic rings. The molecule has 1 unspecified atom stereocenters. The third kappa shape index (κ3) is 2.54. The van der Waals surface area contributed by atoms with Crippen LogP contribution < -0.4 is 0 Å². The van der Waals surface area contributed by atoms with E-state index in [9.17, 15) is 4.79 Å². The minimum Gasteiger partial charge on any atom is -0.306 e. The Morgan fingerprint density at radius 2 is 1.74 bits per heavy atom. The summed E-state index contributed by atoms with van der Waals surface area (Å²) in [7, 11) is 0. The normalized spacial score (nSPS) is 24.0. The molecule has 0 spiro atoms. The molecule has 19 heavy (non-hydrogen) atoms. The van der Waals surface area contributed by atoms with Crippen molar-refractivity contribution < 1.29 is 4.79 Å². The van der Waals surface area contributed by atoms with Crippen LogP contribution in [0.1, 0.15) is 48.0 Å². The van der Waals surface area contributed by atoms with E-state index in [1.165, 1.54) is 5.57 Å². The zero-order valence-electron chi connectivity index (χ0n) is 12.9. The maximum absolute atomic E-state index is 13.0. The van der Waals surface area contributed by atoms with Crippen molar-refractivity contribution >= 4 is 5.91 Å². The SMILES string of the molecule is CC(C)(C)C1C=CC2=C(C=CC2)N(C(C)(C)C)C1=O. The van der Waals surface area contributed by atoms with Crippen LogP contribution >= 0.6 is 0 Å². The average Bonchev–Trinajstić information content (AvgIpc) is 2.57. The molecule has 2 nitrogen and oxygen atoms in total. The summed E-state index contributed by atoms with van der Waals surface area (Å²) in [6.07, 6.45) is 9.40. The monoisotopic (exact) mass is 259 g/mol. The fourth-order valence-electron chi connectivity index (χ4n) is 2.78. The molecule has 0 saturated carbocycles. The lowest BCUT2D eigenvalue weighted by Crippen LogP contribution is -2.48.